The van der Waals surface area contributed by atoms with E-state index in [0.717, 1.165) is 25.7 Å². The molecule has 28 heavy (non-hydrogen) atoms. The van der Waals surface area contributed by atoms with E-state index in [2.05, 4.69) is 15.5 Å². The van der Waals surface area contributed by atoms with Crippen LogP contribution in [0.3, 0.4) is 0 Å². The van der Waals surface area contributed by atoms with Crippen LogP contribution in [0.2, 0.25) is 5.02 Å². The molecule has 0 aromatic heterocycles. The monoisotopic (exact) mass is 405 g/mol. The first-order valence-electron chi connectivity index (χ1n) is 10.1. The first kappa shape index (κ1) is 19.7. The summed E-state index contributed by atoms with van der Waals surface area (Å²) < 4.78 is 5.21. The molecule has 1 aromatic carbocycles. The van der Waals surface area contributed by atoms with Crippen molar-refractivity contribution in [3.63, 3.8) is 0 Å². The molecule has 0 radical (unpaired) electrons. The number of nitrogens with zero attached hydrogens (tertiary/aromatic N) is 1. The summed E-state index contributed by atoms with van der Waals surface area (Å²) in [6.45, 7) is 4.36. The zero-order valence-electron chi connectivity index (χ0n) is 16.2. The lowest BCUT2D eigenvalue weighted by Crippen LogP contribution is -2.62. The maximum Gasteiger partial charge on any atom is 0.251 e. The van der Waals surface area contributed by atoms with Crippen molar-refractivity contribution in [2.75, 3.05) is 26.3 Å². The van der Waals surface area contributed by atoms with Gasteiger partial charge in [-0.25, -0.2) is 0 Å². The Labute approximate surface area is 170 Å². The summed E-state index contributed by atoms with van der Waals surface area (Å²) >= 11 is 5.97. The predicted molar refractivity (Wildman–Crippen MR) is 107 cm³/mol. The second kappa shape index (κ2) is 8.01. The number of halogens is 1. The van der Waals surface area contributed by atoms with Gasteiger partial charge in [0.15, 0.2) is 0 Å². The van der Waals surface area contributed by atoms with Gasteiger partial charge in [-0.15, -0.1) is 0 Å². The predicted octanol–water partition coefficient (Wildman–Crippen LogP) is 2.22. The van der Waals surface area contributed by atoms with Crippen molar-refractivity contribution >= 4 is 23.4 Å². The molecule has 4 rings (SSSR count). The third kappa shape index (κ3) is 4.34. The molecule has 0 spiro atoms. The summed E-state index contributed by atoms with van der Waals surface area (Å²) in [5.74, 6) is 0.473. The van der Waals surface area contributed by atoms with E-state index < -0.39 is 0 Å². The molecule has 152 valence electrons. The number of hydrogen-bond donors (Lipinski definition) is 2. The van der Waals surface area contributed by atoms with Crippen molar-refractivity contribution in [3.05, 3.63) is 34.9 Å². The number of rotatable bonds is 6. The van der Waals surface area contributed by atoms with Crippen LogP contribution in [0.5, 0.6) is 0 Å². The lowest BCUT2D eigenvalue weighted by Gasteiger charge is -2.41. The Morgan fingerprint density at radius 3 is 2.57 bits per heavy atom. The molecule has 3 aliphatic heterocycles. The number of carbonyl (C=O) groups excluding carboxylic acids is 2. The Morgan fingerprint density at radius 1 is 1.25 bits per heavy atom. The number of ether oxygens (including phenoxy) is 1. The van der Waals surface area contributed by atoms with Gasteiger partial charge >= 0.3 is 0 Å². The maximum atomic E-state index is 12.4. The molecule has 1 unspecified atom stereocenters. The van der Waals surface area contributed by atoms with Crippen LogP contribution in [0.4, 0.5) is 0 Å². The van der Waals surface area contributed by atoms with Gasteiger partial charge in [0.05, 0.1) is 25.3 Å². The molecule has 3 saturated heterocycles. The average molecular weight is 406 g/mol. The van der Waals surface area contributed by atoms with Crippen molar-refractivity contribution < 1.29 is 14.3 Å². The van der Waals surface area contributed by atoms with E-state index >= 15 is 0 Å². The van der Waals surface area contributed by atoms with Crippen LogP contribution in [-0.2, 0) is 9.53 Å². The summed E-state index contributed by atoms with van der Waals surface area (Å²) in [4.78, 5) is 27.2. The van der Waals surface area contributed by atoms with E-state index in [1.54, 1.807) is 24.3 Å². The van der Waals surface area contributed by atoms with Crippen LogP contribution in [0.1, 0.15) is 43.0 Å². The van der Waals surface area contributed by atoms with Gasteiger partial charge in [0, 0.05) is 29.2 Å². The second-order valence-corrected chi connectivity index (χ2v) is 9.15. The van der Waals surface area contributed by atoms with E-state index in [0.29, 0.717) is 54.9 Å². The Bertz CT molecular complexity index is 738. The molecule has 2 N–H and O–H groups in total. The van der Waals surface area contributed by atoms with Crippen molar-refractivity contribution in [2.24, 2.45) is 5.92 Å². The van der Waals surface area contributed by atoms with Crippen LogP contribution in [0, 0.1) is 5.92 Å². The lowest BCUT2D eigenvalue weighted by molar-refractivity contribution is -0.133. The molecule has 3 atom stereocenters. The van der Waals surface area contributed by atoms with Gasteiger partial charge in [0.25, 0.3) is 5.91 Å². The summed E-state index contributed by atoms with van der Waals surface area (Å²) in [6, 6.07) is 7.89. The van der Waals surface area contributed by atoms with Gasteiger partial charge in [-0.1, -0.05) is 17.7 Å². The first-order valence-corrected chi connectivity index (χ1v) is 10.5. The molecule has 0 saturated carbocycles. The highest BCUT2D eigenvalue weighted by Gasteiger charge is 2.42. The zero-order valence-corrected chi connectivity index (χ0v) is 17.0. The van der Waals surface area contributed by atoms with Crippen molar-refractivity contribution in [3.8, 4) is 0 Å². The third-order valence-electron chi connectivity index (χ3n) is 6.23. The summed E-state index contributed by atoms with van der Waals surface area (Å²) in [6.07, 6.45) is 4.33. The van der Waals surface area contributed by atoms with Crippen LogP contribution in [-0.4, -0.2) is 60.6 Å². The minimum atomic E-state index is -0.195. The standard InChI is InChI=1S/C21H28ClN3O3/c1-21(12-28-13-21)24-19(26)11-25-17-5-6-18(25)8-14(7-17)10-23-20(27)15-3-2-4-16(22)9-15/h2-4,9,14,17-18H,5-8,10-13H2,1H3,(H,23,27)(H,24,26)/t14?,17-,18+. The van der Waals surface area contributed by atoms with Gasteiger partial charge < -0.3 is 15.4 Å². The number of hydrogen-bond acceptors (Lipinski definition) is 4. The van der Waals surface area contributed by atoms with E-state index in [4.69, 9.17) is 16.3 Å². The third-order valence-corrected chi connectivity index (χ3v) is 6.46. The first-order chi connectivity index (χ1) is 13.4. The molecular formula is C21H28ClN3O3. The number of carbonyl (C=O) groups is 2. The summed E-state index contributed by atoms with van der Waals surface area (Å²) in [5, 5.41) is 6.74. The van der Waals surface area contributed by atoms with Crippen LogP contribution in [0.25, 0.3) is 0 Å². The molecule has 3 fully saturated rings. The molecule has 3 heterocycles. The van der Waals surface area contributed by atoms with Crippen molar-refractivity contribution in [2.45, 2.75) is 50.2 Å². The summed E-state index contributed by atoms with van der Waals surface area (Å²) in [7, 11) is 0. The molecule has 2 amide bonds. The zero-order chi connectivity index (χ0) is 19.7. The minimum Gasteiger partial charge on any atom is -0.376 e. The number of piperidine rings is 1. The Hall–Kier alpha value is -1.63. The Morgan fingerprint density at radius 2 is 1.96 bits per heavy atom. The van der Waals surface area contributed by atoms with Crippen molar-refractivity contribution in [1.29, 1.82) is 0 Å². The van der Waals surface area contributed by atoms with Gasteiger partial charge in [-0.05, 0) is 56.7 Å². The SMILES string of the molecule is CC1(NC(=O)CN2[C@@H]3CC[C@H]2CC(CNC(=O)c2cccc(Cl)c2)C3)COC1. The fourth-order valence-corrected chi connectivity index (χ4v) is 4.99. The molecule has 7 heteroatoms. The molecule has 6 nitrogen and oxygen atoms in total. The Balaban J connectivity index is 1.26. The quantitative estimate of drug-likeness (QED) is 0.761. The molecule has 1 aromatic rings. The fraction of sp³-hybridized carbons (Fsp3) is 0.619. The van der Waals surface area contributed by atoms with Gasteiger partial charge in [0.1, 0.15) is 0 Å². The van der Waals surface area contributed by atoms with E-state index in [1.165, 1.54) is 0 Å². The normalized spacial score (nSPS) is 28.4. The van der Waals surface area contributed by atoms with Crippen LogP contribution < -0.4 is 10.6 Å². The number of benzene rings is 1. The fourth-order valence-electron chi connectivity index (χ4n) is 4.80. The smallest absolute Gasteiger partial charge is 0.251 e. The van der Waals surface area contributed by atoms with E-state index in [-0.39, 0.29) is 17.4 Å². The largest absolute Gasteiger partial charge is 0.376 e. The molecule has 3 aliphatic rings. The van der Waals surface area contributed by atoms with Gasteiger partial charge in [0.2, 0.25) is 5.91 Å². The molecule has 2 bridgehead atoms. The van der Waals surface area contributed by atoms with E-state index in [9.17, 15) is 9.59 Å². The van der Waals surface area contributed by atoms with Gasteiger partial charge in [-0.3, -0.25) is 14.5 Å². The lowest BCUT2D eigenvalue weighted by atomic mass is 9.90. The topological polar surface area (TPSA) is 70.7 Å². The average Bonchev–Trinajstić information content (AvgIpc) is 2.87. The van der Waals surface area contributed by atoms with Crippen molar-refractivity contribution in [1.82, 2.24) is 15.5 Å². The van der Waals surface area contributed by atoms with E-state index in [1.807, 2.05) is 6.92 Å². The highest BCUT2D eigenvalue weighted by Crippen LogP contribution is 2.38. The number of amides is 2. The number of fused-ring (bicyclic) bond motifs is 2. The molecular weight excluding hydrogens is 378 g/mol. The Kier molecular flexibility index (Phi) is 5.63. The maximum absolute atomic E-state index is 12.4. The minimum absolute atomic E-state index is 0.0763. The number of nitrogens with one attached hydrogen (secondary N) is 2. The van der Waals surface area contributed by atoms with Crippen LogP contribution in [0.15, 0.2) is 24.3 Å². The summed E-state index contributed by atoms with van der Waals surface area (Å²) in [5.41, 5.74) is 0.400. The second-order valence-electron chi connectivity index (χ2n) is 8.72. The highest BCUT2D eigenvalue weighted by molar-refractivity contribution is 6.30. The molecule has 0 aliphatic carbocycles. The highest BCUT2D eigenvalue weighted by atomic mass is 35.5. The van der Waals surface area contributed by atoms with Gasteiger partial charge in [-0.2, -0.15) is 0 Å². The van der Waals surface area contributed by atoms with Crippen LogP contribution >= 0.6 is 11.6 Å².